The molecule has 2 aromatic heterocycles. The molecule has 90 valence electrons. The summed E-state index contributed by atoms with van der Waals surface area (Å²) in [5.41, 5.74) is 0. The molecule has 2 aromatic rings. The van der Waals surface area contributed by atoms with Crippen molar-refractivity contribution in [1.82, 2.24) is 10.1 Å². The van der Waals surface area contributed by atoms with Crippen molar-refractivity contribution in [3.8, 4) is 0 Å². The summed E-state index contributed by atoms with van der Waals surface area (Å²) in [4.78, 5) is 5.66. The minimum Gasteiger partial charge on any atom is -0.368 e. The lowest BCUT2D eigenvalue weighted by Crippen LogP contribution is -2.11. The summed E-state index contributed by atoms with van der Waals surface area (Å²) in [6.45, 7) is 0.799. The molecule has 4 nitrogen and oxygen atoms in total. The van der Waals surface area contributed by atoms with Gasteiger partial charge >= 0.3 is 0 Å². The van der Waals surface area contributed by atoms with Gasteiger partial charge in [0.25, 0.3) is 5.89 Å². The van der Waals surface area contributed by atoms with Gasteiger partial charge in [-0.15, -0.1) is 11.3 Å². The van der Waals surface area contributed by atoms with Gasteiger partial charge in [0.15, 0.2) is 5.82 Å². The molecule has 0 N–H and O–H groups in total. The van der Waals surface area contributed by atoms with Crippen molar-refractivity contribution in [1.29, 1.82) is 0 Å². The van der Waals surface area contributed by atoms with Gasteiger partial charge in [-0.05, 0) is 30.7 Å². The lowest BCUT2D eigenvalue weighted by atomic mass is 10.1. The summed E-state index contributed by atoms with van der Waals surface area (Å²) >= 11 is 1.71. The Morgan fingerprint density at radius 2 is 2.41 bits per heavy atom. The van der Waals surface area contributed by atoms with Crippen LogP contribution < -0.4 is 0 Å². The zero-order valence-corrected chi connectivity index (χ0v) is 10.3. The third-order valence-corrected chi connectivity index (χ3v) is 3.73. The predicted octanol–water partition coefficient (Wildman–Crippen LogP) is 2.96. The molecule has 3 heterocycles. The Balaban J connectivity index is 1.69. The number of ether oxygens (including phenoxy) is 1. The van der Waals surface area contributed by atoms with E-state index in [9.17, 15) is 0 Å². The fraction of sp³-hybridized carbons (Fsp3) is 0.500. The van der Waals surface area contributed by atoms with E-state index in [-0.39, 0.29) is 6.10 Å². The Morgan fingerprint density at radius 1 is 1.41 bits per heavy atom. The molecular weight excluding hydrogens is 236 g/mol. The first kappa shape index (κ1) is 10.9. The maximum atomic E-state index is 5.62. The van der Waals surface area contributed by atoms with Gasteiger partial charge in [-0.1, -0.05) is 11.2 Å². The van der Waals surface area contributed by atoms with Gasteiger partial charge in [0.05, 0.1) is 0 Å². The van der Waals surface area contributed by atoms with Crippen molar-refractivity contribution >= 4 is 11.3 Å². The zero-order valence-electron chi connectivity index (χ0n) is 9.46. The summed E-state index contributed by atoms with van der Waals surface area (Å²) in [5, 5.41) is 6.06. The van der Waals surface area contributed by atoms with Gasteiger partial charge in [0.2, 0.25) is 0 Å². The molecular formula is C12H14N2O2S. The molecule has 1 atom stereocenters. The van der Waals surface area contributed by atoms with Crippen LogP contribution in [0.5, 0.6) is 0 Å². The molecule has 0 aromatic carbocycles. The van der Waals surface area contributed by atoms with E-state index in [0.717, 1.165) is 31.7 Å². The van der Waals surface area contributed by atoms with Crippen molar-refractivity contribution in [3.63, 3.8) is 0 Å². The van der Waals surface area contributed by atoms with Crippen LogP contribution in [0.15, 0.2) is 22.0 Å². The number of aromatic nitrogens is 2. The maximum Gasteiger partial charge on any atom is 0.255 e. The topological polar surface area (TPSA) is 48.2 Å². The summed E-state index contributed by atoms with van der Waals surface area (Å²) in [7, 11) is 0. The lowest BCUT2D eigenvalue weighted by Gasteiger charge is -2.18. The second-order valence-electron chi connectivity index (χ2n) is 4.16. The highest BCUT2D eigenvalue weighted by Crippen LogP contribution is 2.26. The lowest BCUT2D eigenvalue weighted by molar-refractivity contribution is -0.00459. The second kappa shape index (κ2) is 4.98. The molecule has 3 rings (SSSR count). The van der Waals surface area contributed by atoms with Crippen molar-refractivity contribution in [2.45, 2.75) is 31.8 Å². The van der Waals surface area contributed by atoms with Crippen LogP contribution in [0.4, 0.5) is 0 Å². The molecule has 0 amide bonds. The van der Waals surface area contributed by atoms with E-state index in [1.54, 1.807) is 11.3 Å². The van der Waals surface area contributed by atoms with Gasteiger partial charge in [-0.25, -0.2) is 0 Å². The molecule has 0 spiro atoms. The number of thiophene rings is 1. The Morgan fingerprint density at radius 3 is 3.18 bits per heavy atom. The molecule has 5 heteroatoms. The quantitative estimate of drug-likeness (QED) is 0.840. The minimum absolute atomic E-state index is 0.00772. The third kappa shape index (κ3) is 2.56. The molecule has 1 fully saturated rings. The SMILES string of the molecule is c1csc(Cc2noc([C@@H]3CCCCO3)n2)c1. The van der Waals surface area contributed by atoms with Crippen LogP contribution in [0, 0.1) is 0 Å². The molecule has 1 saturated heterocycles. The van der Waals surface area contributed by atoms with E-state index in [0.29, 0.717) is 5.89 Å². The Kier molecular flexibility index (Phi) is 3.20. The predicted molar refractivity (Wildman–Crippen MR) is 64.0 cm³/mol. The van der Waals surface area contributed by atoms with Gasteiger partial charge in [0.1, 0.15) is 6.10 Å². The van der Waals surface area contributed by atoms with Crippen LogP contribution in [0.25, 0.3) is 0 Å². The second-order valence-corrected chi connectivity index (χ2v) is 5.19. The number of hydrogen-bond acceptors (Lipinski definition) is 5. The summed E-state index contributed by atoms with van der Waals surface area (Å²) in [5.74, 6) is 1.38. The molecule has 0 radical (unpaired) electrons. The molecule has 0 bridgehead atoms. The Bertz CT molecular complexity index is 461. The largest absolute Gasteiger partial charge is 0.368 e. The van der Waals surface area contributed by atoms with E-state index in [2.05, 4.69) is 21.6 Å². The van der Waals surface area contributed by atoms with E-state index < -0.39 is 0 Å². The van der Waals surface area contributed by atoms with Crippen molar-refractivity contribution in [2.24, 2.45) is 0 Å². The summed E-state index contributed by atoms with van der Waals surface area (Å²) in [6.07, 6.45) is 4.04. The highest BCUT2D eigenvalue weighted by molar-refractivity contribution is 7.09. The normalized spacial score (nSPS) is 20.6. The zero-order chi connectivity index (χ0) is 11.5. The Labute approximate surface area is 104 Å². The number of nitrogens with zero attached hydrogens (tertiary/aromatic N) is 2. The molecule has 0 unspecified atom stereocenters. The molecule has 0 saturated carbocycles. The van der Waals surface area contributed by atoms with Crippen molar-refractivity contribution < 1.29 is 9.26 Å². The molecule has 0 aliphatic carbocycles. The van der Waals surface area contributed by atoms with E-state index in [1.165, 1.54) is 11.3 Å². The molecule has 1 aliphatic rings. The highest BCUT2D eigenvalue weighted by Gasteiger charge is 2.22. The average Bonchev–Trinajstić information content (AvgIpc) is 3.02. The van der Waals surface area contributed by atoms with Crippen LogP contribution >= 0.6 is 11.3 Å². The first-order chi connectivity index (χ1) is 8.42. The minimum atomic E-state index is 0.00772. The number of rotatable bonds is 3. The van der Waals surface area contributed by atoms with Crippen LogP contribution in [-0.4, -0.2) is 16.7 Å². The van der Waals surface area contributed by atoms with Crippen LogP contribution in [0.3, 0.4) is 0 Å². The van der Waals surface area contributed by atoms with Crippen LogP contribution in [0.2, 0.25) is 0 Å². The van der Waals surface area contributed by atoms with E-state index in [4.69, 9.17) is 9.26 Å². The fourth-order valence-corrected chi connectivity index (χ4v) is 2.68. The number of hydrogen-bond donors (Lipinski definition) is 0. The monoisotopic (exact) mass is 250 g/mol. The third-order valence-electron chi connectivity index (χ3n) is 2.85. The Hall–Kier alpha value is -1.20. The average molecular weight is 250 g/mol. The first-order valence-corrected chi connectivity index (χ1v) is 6.76. The molecule has 17 heavy (non-hydrogen) atoms. The van der Waals surface area contributed by atoms with Crippen LogP contribution in [-0.2, 0) is 11.2 Å². The van der Waals surface area contributed by atoms with Gasteiger partial charge in [-0.2, -0.15) is 4.98 Å². The molecule has 1 aliphatic heterocycles. The summed E-state index contributed by atoms with van der Waals surface area (Å²) in [6, 6.07) is 4.11. The van der Waals surface area contributed by atoms with Gasteiger partial charge < -0.3 is 9.26 Å². The first-order valence-electron chi connectivity index (χ1n) is 5.88. The standard InChI is InChI=1S/C12H14N2O2S/c1-2-6-15-10(5-1)12-13-11(14-16-12)8-9-4-3-7-17-9/h3-4,7,10H,1-2,5-6,8H2/t10-/m0/s1. The van der Waals surface area contributed by atoms with Crippen LogP contribution in [0.1, 0.15) is 42.0 Å². The van der Waals surface area contributed by atoms with Crippen molar-refractivity contribution in [3.05, 3.63) is 34.1 Å². The van der Waals surface area contributed by atoms with Gasteiger partial charge in [-0.3, -0.25) is 0 Å². The van der Waals surface area contributed by atoms with E-state index in [1.807, 2.05) is 6.07 Å². The van der Waals surface area contributed by atoms with Gasteiger partial charge in [0, 0.05) is 17.9 Å². The maximum absolute atomic E-state index is 5.62. The summed E-state index contributed by atoms with van der Waals surface area (Å²) < 4.78 is 10.9. The van der Waals surface area contributed by atoms with E-state index >= 15 is 0 Å². The fourth-order valence-electron chi connectivity index (χ4n) is 1.97. The smallest absolute Gasteiger partial charge is 0.255 e. The van der Waals surface area contributed by atoms with Crippen molar-refractivity contribution in [2.75, 3.05) is 6.61 Å². The highest BCUT2D eigenvalue weighted by atomic mass is 32.1.